The summed E-state index contributed by atoms with van der Waals surface area (Å²) in [6.07, 6.45) is 10.5. The van der Waals surface area contributed by atoms with Gasteiger partial charge in [-0.15, -0.1) is 11.3 Å². The van der Waals surface area contributed by atoms with E-state index in [0.29, 0.717) is 9.65 Å². The van der Waals surface area contributed by atoms with Gasteiger partial charge in [0.1, 0.15) is 12.4 Å². The molecule has 20 heavy (non-hydrogen) atoms. The van der Waals surface area contributed by atoms with E-state index in [4.69, 9.17) is 4.74 Å². The fourth-order valence-corrected chi connectivity index (χ4v) is 3.64. The minimum absolute atomic E-state index is 0.447. The van der Waals surface area contributed by atoms with Crippen LogP contribution in [0, 0.1) is 0 Å². The van der Waals surface area contributed by atoms with Gasteiger partial charge in [-0.25, -0.2) is 0 Å². The van der Waals surface area contributed by atoms with Gasteiger partial charge in [0.2, 0.25) is 0 Å². The van der Waals surface area contributed by atoms with Crippen molar-refractivity contribution in [2.45, 2.75) is 67.9 Å². The Bertz CT molecular complexity index is 316. The van der Waals surface area contributed by atoms with Crippen LogP contribution in [0.3, 0.4) is 0 Å². The summed E-state index contributed by atoms with van der Waals surface area (Å²) in [6.45, 7) is 3.02. The Labute approximate surface area is 144 Å². The van der Waals surface area contributed by atoms with E-state index in [9.17, 15) is 0 Å². The maximum atomic E-state index is 5.71. The lowest BCUT2D eigenvalue weighted by atomic mass is 10.1. The lowest BCUT2D eigenvalue weighted by molar-refractivity contribution is 0.314. The van der Waals surface area contributed by atoms with Gasteiger partial charge in [-0.2, -0.15) is 0 Å². The molecule has 0 radical (unpaired) electrons. The predicted molar refractivity (Wildman–Crippen MR) is 97.9 cm³/mol. The van der Waals surface area contributed by atoms with Crippen LogP contribution in [0.2, 0.25) is 0 Å². The first-order valence-electron chi connectivity index (χ1n) is 7.65. The Morgan fingerprint density at radius 3 is 2.50 bits per heavy atom. The quantitative estimate of drug-likeness (QED) is 0.264. The zero-order chi connectivity index (χ0) is 14.6. The van der Waals surface area contributed by atoms with Crippen molar-refractivity contribution >= 4 is 43.2 Å². The molecule has 2 atom stereocenters. The molecule has 1 rings (SSSR count). The Kier molecular flexibility index (Phi) is 11.2. The summed E-state index contributed by atoms with van der Waals surface area (Å²) in [7, 11) is 0. The lowest BCUT2D eigenvalue weighted by Crippen LogP contribution is -2.13. The highest BCUT2D eigenvalue weighted by Gasteiger charge is 2.10. The maximum Gasteiger partial charge on any atom is 0.130 e. The van der Waals surface area contributed by atoms with Crippen LogP contribution in [0.4, 0.5) is 0 Å². The number of rotatable bonds is 12. The molecule has 0 aromatic carbocycles. The highest BCUT2D eigenvalue weighted by Crippen LogP contribution is 2.21. The number of thiophene rings is 1. The van der Waals surface area contributed by atoms with E-state index in [-0.39, 0.29) is 0 Å². The van der Waals surface area contributed by atoms with Crippen LogP contribution >= 0.6 is 43.2 Å². The molecule has 116 valence electrons. The van der Waals surface area contributed by atoms with Gasteiger partial charge in [0.05, 0.1) is 0 Å². The summed E-state index contributed by atoms with van der Waals surface area (Å²) in [6, 6.07) is 2.02. The van der Waals surface area contributed by atoms with Gasteiger partial charge in [-0.05, 0) is 30.7 Å². The molecule has 4 heteroatoms. The second-order valence-corrected chi connectivity index (χ2v) is 8.61. The highest BCUT2D eigenvalue weighted by atomic mass is 79.9. The minimum Gasteiger partial charge on any atom is -0.492 e. The molecule has 0 aliphatic carbocycles. The summed E-state index contributed by atoms with van der Waals surface area (Å²) in [5.41, 5.74) is 0. The first kappa shape index (κ1) is 18.5. The van der Waals surface area contributed by atoms with Crippen molar-refractivity contribution in [3.05, 3.63) is 16.8 Å². The first-order valence-corrected chi connectivity index (χ1v) is 10.4. The summed E-state index contributed by atoms with van der Waals surface area (Å²) < 4.78 is 5.71. The number of ether oxygens (including phenoxy) is 1. The van der Waals surface area contributed by atoms with Crippen molar-refractivity contribution in [1.29, 1.82) is 0 Å². The summed E-state index contributed by atoms with van der Waals surface area (Å²) in [5.74, 6) is 0.991. The largest absolute Gasteiger partial charge is 0.492 e. The maximum absolute atomic E-state index is 5.71. The Morgan fingerprint density at radius 2 is 1.80 bits per heavy atom. The monoisotopic (exact) mass is 424 g/mol. The Morgan fingerprint density at radius 1 is 1.05 bits per heavy atom. The second kappa shape index (κ2) is 12.0. The molecule has 0 aliphatic rings. The number of hydrogen-bond donors (Lipinski definition) is 0. The normalized spacial score (nSPS) is 14.2. The third kappa shape index (κ3) is 9.41. The average molecular weight is 426 g/mol. The molecule has 0 N–H and O–H groups in total. The van der Waals surface area contributed by atoms with Crippen LogP contribution in [0.15, 0.2) is 16.8 Å². The number of unbranched alkanes of at least 4 members (excludes halogenated alkanes) is 4. The SMILES string of the molecule is CCCCCCCC(Br)CCC(Br)COc1ccsc1. The van der Waals surface area contributed by atoms with Gasteiger partial charge in [-0.3, -0.25) is 0 Å². The zero-order valence-electron chi connectivity index (χ0n) is 12.3. The molecule has 0 amide bonds. The second-order valence-electron chi connectivity index (χ2n) is 5.24. The van der Waals surface area contributed by atoms with E-state index in [0.717, 1.165) is 18.8 Å². The number of halogens is 2. The van der Waals surface area contributed by atoms with Crippen molar-refractivity contribution in [3.63, 3.8) is 0 Å². The number of hydrogen-bond acceptors (Lipinski definition) is 2. The van der Waals surface area contributed by atoms with Gasteiger partial charge < -0.3 is 4.74 Å². The van der Waals surface area contributed by atoms with Crippen LogP contribution in [0.1, 0.15) is 58.3 Å². The Balaban J connectivity index is 1.97. The highest BCUT2D eigenvalue weighted by molar-refractivity contribution is 9.09. The van der Waals surface area contributed by atoms with E-state index in [2.05, 4.69) is 38.8 Å². The molecule has 1 nitrogen and oxygen atoms in total. The summed E-state index contributed by atoms with van der Waals surface area (Å²) in [4.78, 5) is 1.10. The first-order chi connectivity index (χ1) is 9.72. The van der Waals surface area contributed by atoms with Crippen molar-refractivity contribution in [2.24, 2.45) is 0 Å². The van der Waals surface area contributed by atoms with Gasteiger partial charge in [-0.1, -0.05) is 70.9 Å². The van der Waals surface area contributed by atoms with Gasteiger partial charge >= 0.3 is 0 Å². The third-order valence-electron chi connectivity index (χ3n) is 3.34. The Hall–Kier alpha value is 0.460. The standard InChI is InChI=1S/C16H26Br2OS/c1-2-3-4-5-6-7-14(17)8-9-15(18)12-19-16-10-11-20-13-16/h10-11,13-15H,2-9,12H2,1H3. The zero-order valence-corrected chi connectivity index (χ0v) is 16.3. The van der Waals surface area contributed by atoms with Crippen molar-refractivity contribution in [3.8, 4) is 5.75 Å². The molecule has 0 aliphatic heterocycles. The molecule has 0 bridgehead atoms. The number of alkyl halides is 2. The molecule has 2 unspecified atom stereocenters. The fourth-order valence-electron chi connectivity index (χ4n) is 2.08. The molecule has 1 heterocycles. The molecular formula is C16H26Br2OS. The summed E-state index contributed by atoms with van der Waals surface area (Å²) in [5, 5.41) is 4.09. The van der Waals surface area contributed by atoms with Gasteiger partial charge in [0, 0.05) is 15.0 Å². The lowest BCUT2D eigenvalue weighted by Gasteiger charge is -2.14. The smallest absolute Gasteiger partial charge is 0.130 e. The van der Waals surface area contributed by atoms with Crippen LogP contribution in [0.5, 0.6) is 5.75 Å². The van der Waals surface area contributed by atoms with Crippen molar-refractivity contribution in [1.82, 2.24) is 0 Å². The van der Waals surface area contributed by atoms with E-state index in [1.54, 1.807) is 11.3 Å². The van der Waals surface area contributed by atoms with Gasteiger partial charge in [0.15, 0.2) is 0 Å². The van der Waals surface area contributed by atoms with Crippen LogP contribution in [-0.4, -0.2) is 16.3 Å². The molecular weight excluding hydrogens is 400 g/mol. The summed E-state index contributed by atoms with van der Waals surface area (Å²) >= 11 is 9.19. The van der Waals surface area contributed by atoms with Crippen molar-refractivity contribution < 1.29 is 4.74 Å². The fraction of sp³-hybridized carbons (Fsp3) is 0.750. The van der Waals surface area contributed by atoms with E-state index >= 15 is 0 Å². The van der Waals surface area contributed by atoms with Crippen molar-refractivity contribution in [2.75, 3.05) is 6.61 Å². The molecule has 1 aromatic rings. The topological polar surface area (TPSA) is 9.23 Å². The molecule has 1 aromatic heterocycles. The average Bonchev–Trinajstić information content (AvgIpc) is 2.96. The third-order valence-corrected chi connectivity index (χ3v) is 5.64. The molecule has 0 spiro atoms. The molecule has 0 saturated heterocycles. The van der Waals surface area contributed by atoms with Crippen LogP contribution < -0.4 is 4.74 Å². The van der Waals surface area contributed by atoms with E-state index < -0.39 is 0 Å². The molecule has 0 saturated carbocycles. The minimum atomic E-state index is 0.447. The van der Waals surface area contributed by atoms with E-state index in [1.165, 1.54) is 44.9 Å². The molecule has 0 fully saturated rings. The van der Waals surface area contributed by atoms with E-state index in [1.807, 2.05) is 16.8 Å². The van der Waals surface area contributed by atoms with Crippen LogP contribution in [-0.2, 0) is 0 Å². The van der Waals surface area contributed by atoms with Gasteiger partial charge in [0.25, 0.3) is 0 Å². The predicted octanol–water partition coefficient (Wildman–Crippen LogP) is 6.79. The van der Waals surface area contributed by atoms with Crippen LogP contribution in [0.25, 0.3) is 0 Å².